The van der Waals surface area contributed by atoms with Crippen LogP contribution < -0.4 is 0 Å². The highest BCUT2D eigenvalue weighted by Crippen LogP contribution is 2.34. The Morgan fingerprint density at radius 2 is 2.17 bits per heavy atom. The van der Waals surface area contributed by atoms with E-state index in [4.69, 9.17) is 0 Å². The molecule has 98 valence electrons. The summed E-state index contributed by atoms with van der Waals surface area (Å²) in [5.74, 6) is 0.473. The third kappa shape index (κ3) is 2.70. The second kappa shape index (κ2) is 5.43. The maximum Gasteiger partial charge on any atom is 0.270 e. The van der Waals surface area contributed by atoms with Crippen LogP contribution in [0.2, 0.25) is 0 Å². The molecule has 1 aromatic rings. The Labute approximate surface area is 127 Å². The Morgan fingerprint density at radius 3 is 2.61 bits per heavy atom. The molecule has 1 aliphatic rings. The molecule has 3 nitrogen and oxygen atoms in total. The fourth-order valence-corrected chi connectivity index (χ4v) is 3.95. The van der Waals surface area contributed by atoms with Crippen molar-refractivity contribution in [2.75, 3.05) is 6.54 Å². The number of likely N-dealkylation sites (tertiary alicyclic amines) is 1. The van der Waals surface area contributed by atoms with Crippen molar-refractivity contribution >= 4 is 55.0 Å². The van der Waals surface area contributed by atoms with Crippen LogP contribution >= 0.6 is 43.2 Å². The number of halogens is 2. The number of carbonyl (C=O) groups excluding carboxylic acids is 2. The molecule has 6 heteroatoms. The highest BCUT2D eigenvalue weighted by Gasteiger charge is 2.36. The molecule has 0 bridgehead atoms. The zero-order valence-electron chi connectivity index (χ0n) is 10.1. The van der Waals surface area contributed by atoms with E-state index in [2.05, 4.69) is 45.7 Å². The topological polar surface area (TPSA) is 37.4 Å². The first-order valence-corrected chi connectivity index (χ1v) is 8.10. The van der Waals surface area contributed by atoms with Crippen molar-refractivity contribution in [3.63, 3.8) is 0 Å². The highest BCUT2D eigenvalue weighted by molar-refractivity contribution is 9.13. The van der Waals surface area contributed by atoms with E-state index in [1.807, 2.05) is 0 Å². The second-order valence-electron chi connectivity index (χ2n) is 4.75. The van der Waals surface area contributed by atoms with Gasteiger partial charge in [0.05, 0.1) is 8.66 Å². The van der Waals surface area contributed by atoms with Gasteiger partial charge in [-0.3, -0.25) is 14.5 Å². The van der Waals surface area contributed by atoms with Gasteiger partial charge in [-0.05, 0) is 49.8 Å². The van der Waals surface area contributed by atoms with Gasteiger partial charge in [-0.25, -0.2) is 0 Å². The summed E-state index contributed by atoms with van der Waals surface area (Å²) >= 11 is 8.06. The molecule has 0 spiro atoms. The first-order chi connectivity index (χ1) is 8.40. The van der Waals surface area contributed by atoms with Gasteiger partial charge >= 0.3 is 0 Å². The minimum atomic E-state index is -0.181. The van der Waals surface area contributed by atoms with Crippen molar-refractivity contribution in [2.24, 2.45) is 11.8 Å². The van der Waals surface area contributed by atoms with Crippen LogP contribution in [0.4, 0.5) is 0 Å². The predicted octanol–water partition coefficient (Wildman–Crippen LogP) is 3.92. The molecule has 18 heavy (non-hydrogen) atoms. The van der Waals surface area contributed by atoms with Crippen LogP contribution in [0.15, 0.2) is 14.3 Å². The molecule has 0 aliphatic carbocycles. The predicted molar refractivity (Wildman–Crippen MR) is 78.7 cm³/mol. The molecule has 1 saturated heterocycles. The van der Waals surface area contributed by atoms with E-state index in [0.29, 0.717) is 23.8 Å². The van der Waals surface area contributed by atoms with Crippen LogP contribution in [0.1, 0.15) is 29.9 Å². The summed E-state index contributed by atoms with van der Waals surface area (Å²) in [7, 11) is 0. The molecule has 0 aromatic carbocycles. The van der Waals surface area contributed by atoms with Crippen LogP contribution in [0.5, 0.6) is 0 Å². The van der Waals surface area contributed by atoms with E-state index >= 15 is 0 Å². The van der Waals surface area contributed by atoms with Crippen molar-refractivity contribution in [2.45, 2.75) is 20.3 Å². The van der Waals surface area contributed by atoms with Gasteiger partial charge < -0.3 is 0 Å². The Kier molecular flexibility index (Phi) is 4.29. The standard InChI is InChI=1S/C12H13Br2NO2S/c1-6(2)7-3-10(16)15(5-7)12(17)9-4-8(13)11(14)18-9/h4,6-7H,3,5H2,1-2H3. The van der Waals surface area contributed by atoms with E-state index in [1.54, 1.807) is 6.07 Å². The molecule has 1 fully saturated rings. The molecule has 2 amide bonds. The lowest BCUT2D eigenvalue weighted by Gasteiger charge is -2.15. The van der Waals surface area contributed by atoms with Crippen molar-refractivity contribution < 1.29 is 9.59 Å². The van der Waals surface area contributed by atoms with Gasteiger partial charge in [0.25, 0.3) is 5.91 Å². The highest BCUT2D eigenvalue weighted by atomic mass is 79.9. The van der Waals surface area contributed by atoms with Gasteiger partial charge in [-0.15, -0.1) is 11.3 Å². The smallest absolute Gasteiger partial charge is 0.270 e. The maximum absolute atomic E-state index is 12.3. The van der Waals surface area contributed by atoms with Crippen LogP contribution in [-0.4, -0.2) is 23.3 Å². The molecule has 0 radical (unpaired) electrons. The zero-order valence-corrected chi connectivity index (χ0v) is 14.1. The van der Waals surface area contributed by atoms with Gasteiger partial charge in [0.2, 0.25) is 5.91 Å². The molecule has 1 unspecified atom stereocenters. The minimum absolute atomic E-state index is 0.0562. The summed E-state index contributed by atoms with van der Waals surface area (Å²) in [4.78, 5) is 26.1. The quantitative estimate of drug-likeness (QED) is 0.713. The van der Waals surface area contributed by atoms with Crippen molar-refractivity contribution in [1.82, 2.24) is 4.90 Å². The average molecular weight is 395 g/mol. The van der Waals surface area contributed by atoms with Crippen LogP contribution in [0.3, 0.4) is 0 Å². The molecule has 1 aromatic heterocycles. The lowest BCUT2D eigenvalue weighted by atomic mass is 9.95. The Hall–Kier alpha value is -0.200. The Balaban J connectivity index is 2.17. The van der Waals surface area contributed by atoms with Gasteiger partial charge in [0, 0.05) is 17.4 Å². The Bertz CT molecular complexity index is 479. The zero-order chi connectivity index (χ0) is 13.4. The molecule has 1 aliphatic heterocycles. The number of imide groups is 1. The first kappa shape index (κ1) is 14.2. The van der Waals surface area contributed by atoms with Gasteiger partial charge in [0.1, 0.15) is 0 Å². The first-order valence-electron chi connectivity index (χ1n) is 5.69. The van der Waals surface area contributed by atoms with Crippen molar-refractivity contribution in [3.05, 3.63) is 19.2 Å². The number of hydrogen-bond acceptors (Lipinski definition) is 3. The fourth-order valence-electron chi connectivity index (χ4n) is 1.96. The monoisotopic (exact) mass is 393 g/mol. The van der Waals surface area contributed by atoms with Crippen molar-refractivity contribution in [1.29, 1.82) is 0 Å². The number of hydrogen-bond donors (Lipinski definition) is 0. The number of rotatable bonds is 2. The molecule has 0 N–H and O–H groups in total. The number of thiophene rings is 1. The normalized spacial score (nSPS) is 19.9. The molecule has 2 rings (SSSR count). The summed E-state index contributed by atoms with van der Waals surface area (Å²) in [6, 6.07) is 1.76. The van der Waals surface area contributed by atoms with Crippen LogP contribution in [-0.2, 0) is 4.79 Å². The second-order valence-corrected chi connectivity index (χ2v) is 7.97. The van der Waals surface area contributed by atoms with E-state index in [0.717, 1.165) is 8.26 Å². The van der Waals surface area contributed by atoms with Gasteiger partial charge in [-0.1, -0.05) is 13.8 Å². The molecule has 0 saturated carbocycles. The van der Waals surface area contributed by atoms with Gasteiger partial charge in [-0.2, -0.15) is 0 Å². The molecule has 2 heterocycles. The van der Waals surface area contributed by atoms with Gasteiger partial charge in [0.15, 0.2) is 0 Å². The van der Waals surface area contributed by atoms with E-state index in [1.165, 1.54) is 16.2 Å². The Morgan fingerprint density at radius 1 is 1.50 bits per heavy atom. The van der Waals surface area contributed by atoms with Crippen molar-refractivity contribution in [3.8, 4) is 0 Å². The lowest BCUT2D eigenvalue weighted by molar-refractivity contribution is -0.125. The van der Waals surface area contributed by atoms with E-state index < -0.39 is 0 Å². The summed E-state index contributed by atoms with van der Waals surface area (Å²) in [6.45, 7) is 4.72. The summed E-state index contributed by atoms with van der Waals surface area (Å²) < 4.78 is 1.72. The average Bonchev–Trinajstić information content (AvgIpc) is 2.83. The summed E-state index contributed by atoms with van der Waals surface area (Å²) in [5, 5.41) is 0. The lowest BCUT2D eigenvalue weighted by Crippen LogP contribution is -2.32. The van der Waals surface area contributed by atoms with Crippen LogP contribution in [0.25, 0.3) is 0 Å². The third-order valence-corrected chi connectivity index (χ3v) is 6.44. The SMILES string of the molecule is CC(C)C1CC(=O)N(C(=O)c2cc(Br)c(Br)s2)C1. The minimum Gasteiger partial charge on any atom is -0.277 e. The van der Waals surface area contributed by atoms with E-state index in [9.17, 15) is 9.59 Å². The van der Waals surface area contributed by atoms with E-state index in [-0.39, 0.29) is 17.7 Å². The number of carbonyl (C=O) groups is 2. The third-order valence-electron chi connectivity index (χ3n) is 3.20. The van der Waals surface area contributed by atoms with Crippen LogP contribution in [0, 0.1) is 11.8 Å². The fraction of sp³-hybridized carbons (Fsp3) is 0.500. The molecule has 1 atom stereocenters. The summed E-state index contributed by atoms with van der Waals surface area (Å²) in [6.07, 6.45) is 0.483. The molecular weight excluding hydrogens is 382 g/mol. The number of nitrogens with zero attached hydrogens (tertiary/aromatic N) is 1. The number of amides is 2. The molecular formula is C12H13Br2NO2S. The maximum atomic E-state index is 12.3. The largest absolute Gasteiger partial charge is 0.277 e. The summed E-state index contributed by atoms with van der Waals surface area (Å²) in [5.41, 5.74) is 0.